The van der Waals surface area contributed by atoms with Crippen LogP contribution in [0.25, 0.3) is 0 Å². The molecule has 2 unspecified atom stereocenters. The summed E-state index contributed by atoms with van der Waals surface area (Å²) < 4.78 is 4.70. The highest BCUT2D eigenvalue weighted by molar-refractivity contribution is 7.10. The molecular weight excluding hydrogens is 274 g/mol. The molecule has 0 radical (unpaired) electrons. The van der Waals surface area contributed by atoms with Gasteiger partial charge in [-0.05, 0) is 30.2 Å². The van der Waals surface area contributed by atoms with Crippen LogP contribution in [-0.2, 0) is 14.3 Å². The Morgan fingerprint density at radius 2 is 2.40 bits per heavy atom. The van der Waals surface area contributed by atoms with Crippen molar-refractivity contribution < 1.29 is 14.3 Å². The normalized spacial score (nSPS) is 18.8. The van der Waals surface area contributed by atoms with Crippen LogP contribution in [0.15, 0.2) is 29.7 Å². The van der Waals surface area contributed by atoms with Gasteiger partial charge >= 0.3 is 5.97 Å². The molecule has 1 aliphatic rings. The van der Waals surface area contributed by atoms with E-state index in [2.05, 4.69) is 17.5 Å². The summed E-state index contributed by atoms with van der Waals surface area (Å²) in [4.78, 5) is 24.5. The summed E-state index contributed by atoms with van der Waals surface area (Å²) in [6.45, 7) is 0. The second-order valence-electron chi connectivity index (χ2n) is 4.89. The first-order valence-electron chi connectivity index (χ1n) is 6.75. The van der Waals surface area contributed by atoms with Crippen LogP contribution in [0.3, 0.4) is 0 Å². The number of esters is 1. The average molecular weight is 293 g/mol. The van der Waals surface area contributed by atoms with Crippen LogP contribution in [0.5, 0.6) is 0 Å². The molecule has 0 saturated carbocycles. The summed E-state index contributed by atoms with van der Waals surface area (Å²) in [5.41, 5.74) is 0. The van der Waals surface area contributed by atoms with Gasteiger partial charge in [-0.2, -0.15) is 0 Å². The summed E-state index contributed by atoms with van der Waals surface area (Å²) in [5, 5.41) is 4.88. The Kier molecular flexibility index (Phi) is 5.35. The van der Waals surface area contributed by atoms with Gasteiger partial charge in [0, 0.05) is 11.3 Å². The fourth-order valence-corrected chi connectivity index (χ4v) is 3.10. The van der Waals surface area contributed by atoms with E-state index in [1.807, 2.05) is 17.5 Å². The van der Waals surface area contributed by atoms with Gasteiger partial charge < -0.3 is 10.1 Å². The molecule has 0 fully saturated rings. The van der Waals surface area contributed by atoms with Gasteiger partial charge in [-0.25, -0.2) is 0 Å². The monoisotopic (exact) mass is 293 g/mol. The Balaban J connectivity index is 1.94. The minimum atomic E-state index is -0.315. The summed E-state index contributed by atoms with van der Waals surface area (Å²) in [5.74, 6) is 0.00503. The van der Waals surface area contributed by atoms with Crippen LogP contribution >= 0.6 is 11.3 Å². The molecule has 0 saturated heterocycles. The Morgan fingerprint density at radius 1 is 1.55 bits per heavy atom. The summed E-state index contributed by atoms with van der Waals surface area (Å²) in [6, 6.07) is 3.55. The second kappa shape index (κ2) is 7.24. The highest BCUT2D eigenvalue weighted by atomic mass is 32.1. The third-order valence-corrected chi connectivity index (χ3v) is 4.37. The molecule has 2 atom stereocenters. The lowest BCUT2D eigenvalue weighted by molar-refractivity contribution is -0.141. The number of carbonyl (C=O) groups excluding carboxylic acids is 2. The molecule has 1 amide bonds. The Labute approximate surface area is 122 Å². The number of thiophene rings is 1. The molecule has 5 heteroatoms. The van der Waals surface area contributed by atoms with E-state index in [0.29, 0.717) is 12.3 Å². The number of methoxy groups -OCH3 is 1. The van der Waals surface area contributed by atoms with Gasteiger partial charge in [-0.3, -0.25) is 9.59 Å². The molecule has 108 valence electrons. The first-order valence-corrected chi connectivity index (χ1v) is 7.63. The fourth-order valence-electron chi connectivity index (χ4n) is 2.32. The smallest absolute Gasteiger partial charge is 0.307 e. The Hall–Kier alpha value is -1.62. The molecule has 1 aliphatic carbocycles. The van der Waals surface area contributed by atoms with Crippen molar-refractivity contribution in [2.75, 3.05) is 7.11 Å². The van der Waals surface area contributed by atoms with Gasteiger partial charge in [0.1, 0.15) is 0 Å². The van der Waals surface area contributed by atoms with Crippen molar-refractivity contribution >= 4 is 23.2 Å². The van der Waals surface area contributed by atoms with E-state index in [-0.39, 0.29) is 24.3 Å². The van der Waals surface area contributed by atoms with E-state index in [1.54, 1.807) is 0 Å². The second-order valence-corrected chi connectivity index (χ2v) is 5.86. The van der Waals surface area contributed by atoms with Gasteiger partial charge in [0.05, 0.1) is 19.6 Å². The first-order chi connectivity index (χ1) is 9.69. The maximum absolute atomic E-state index is 12.1. The van der Waals surface area contributed by atoms with Crippen molar-refractivity contribution in [3.8, 4) is 0 Å². The van der Waals surface area contributed by atoms with Crippen molar-refractivity contribution in [3.63, 3.8) is 0 Å². The van der Waals surface area contributed by atoms with E-state index < -0.39 is 0 Å². The lowest BCUT2D eigenvalue weighted by atomic mass is 10.0. The zero-order valence-electron chi connectivity index (χ0n) is 11.5. The van der Waals surface area contributed by atoms with Gasteiger partial charge in [0.15, 0.2) is 0 Å². The highest BCUT2D eigenvalue weighted by Gasteiger charge is 2.21. The summed E-state index contributed by atoms with van der Waals surface area (Å²) >= 11 is 1.53. The first kappa shape index (κ1) is 14.8. The molecule has 1 aromatic heterocycles. The molecule has 1 aromatic rings. The lowest BCUT2D eigenvalue weighted by Gasteiger charge is -2.17. The van der Waals surface area contributed by atoms with Gasteiger partial charge in [-0.1, -0.05) is 18.2 Å². The number of nitrogens with one attached hydrogen (secondary N) is 1. The van der Waals surface area contributed by atoms with Gasteiger partial charge in [-0.15, -0.1) is 11.3 Å². The standard InChI is InChI=1S/C15H19NO3S/c1-19-15(18)10-12(13-7-4-8-20-13)16-14(17)9-11-5-2-3-6-11/h2,4-5,7-8,11-12H,3,6,9-10H2,1H3,(H,16,17). The van der Waals surface area contributed by atoms with Crippen molar-refractivity contribution in [1.29, 1.82) is 0 Å². The van der Waals surface area contributed by atoms with Crippen molar-refractivity contribution in [2.45, 2.75) is 31.7 Å². The van der Waals surface area contributed by atoms with E-state index in [9.17, 15) is 9.59 Å². The highest BCUT2D eigenvalue weighted by Crippen LogP contribution is 2.24. The maximum Gasteiger partial charge on any atom is 0.307 e. The van der Waals surface area contributed by atoms with E-state index >= 15 is 0 Å². The van der Waals surface area contributed by atoms with Crippen LogP contribution in [0, 0.1) is 5.92 Å². The summed E-state index contributed by atoms with van der Waals surface area (Å²) in [7, 11) is 1.36. The Morgan fingerprint density at radius 3 is 3.00 bits per heavy atom. The zero-order chi connectivity index (χ0) is 14.4. The van der Waals surface area contributed by atoms with E-state index in [1.165, 1.54) is 18.4 Å². The van der Waals surface area contributed by atoms with Crippen LogP contribution in [0.1, 0.15) is 36.6 Å². The predicted molar refractivity (Wildman–Crippen MR) is 78.3 cm³/mol. The molecular formula is C15H19NO3S. The third kappa shape index (κ3) is 4.20. The number of allylic oxidation sites excluding steroid dienone is 2. The quantitative estimate of drug-likeness (QED) is 0.648. The molecule has 0 bridgehead atoms. The average Bonchev–Trinajstić information content (AvgIpc) is 3.10. The molecule has 0 aliphatic heterocycles. The largest absolute Gasteiger partial charge is 0.469 e. The number of ether oxygens (including phenoxy) is 1. The third-order valence-electron chi connectivity index (χ3n) is 3.38. The topological polar surface area (TPSA) is 55.4 Å². The fraction of sp³-hybridized carbons (Fsp3) is 0.467. The molecule has 1 heterocycles. The number of carbonyl (C=O) groups is 2. The van der Waals surface area contributed by atoms with Crippen LogP contribution in [0.2, 0.25) is 0 Å². The molecule has 4 nitrogen and oxygen atoms in total. The lowest BCUT2D eigenvalue weighted by Crippen LogP contribution is -2.30. The number of hydrogen-bond donors (Lipinski definition) is 1. The minimum Gasteiger partial charge on any atom is -0.469 e. The van der Waals surface area contributed by atoms with Crippen molar-refractivity contribution in [3.05, 3.63) is 34.5 Å². The van der Waals surface area contributed by atoms with E-state index in [0.717, 1.165) is 17.7 Å². The SMILES string of the molecule is COC(=O)CC(NC(=O)CC1C=CCC1)c1cccs1. The number of amides is 1. The number of hydrogen-bond acceptors (Lipinski definition) is 4. The molecule has 0 spiro atoms. The van der Waals surface area contributed by atoms with Gasteiger partial charge in [0.2, 0.25) is 5.91 Å². The zero-order valence-corrected chi connectivity index (χ0v) is 12.3. The van der Waals surface area contributed by atoms with Gasteiger partial charge in [0.25, 0.3) is 0 Å². The molecule has 2 rings (SSSR count). The van der Waals surface area contributed by atoms with Crippen LogP contribution in [0.4, 0.5) is 0 Å². The van der Waals surface area contributed by atoms with E-state index in [4.69, 9.17) is 4.74 Å². The summed E-state index contributed by atoms with van der Waals surface area (Å²) in [6.07, 6.45) is 6.95. The van der Waals surface area contributed by atoms with Crippen molar-refractivity contribution in [1.82, 2.24) is 5.32 Å². The Bertz CT molecular complexity index is 481. The predicted octanol–water partition coefficient (Wildman–Crippen LogP) is 2.82. The molecule has 20 heavy (non-hydrogen) atoms. The maximum atomic E-state index is 12.1. The number of rotatable bonds is 6. The molecule has 1 N–H and O–H groups in total. The molecule has 0 aromatic carbocycles. The van der Waals surface area contributed by atoms with Crippen LogP contribution in [-0.4, -0.2) is 19.0 Å². The van der Waals surface area contributed by atoms with Crippen LogP contribution < -0.4 is 5.32 Å². The van der Waals surface area contributed by atoms with Crippen molar-refractivity contribution in [2.24, 2.45) is 5.92 Å². The minimum absolute atomic E-state index is 0.0103.